The highest BCUT2D eigenvalue weighted by Crippen LogP contribution is 2.33. The number of rotatable bonds is 3. The first kappa shape index (κ1) is 20.9. The molecule has 4 rings (SSSR count). The second-order valence-electron chi connectivity index (χ2n) is 8.19. The minimum atomic E-state index is -0.353. The van der Waals surface area contributed by atoms with E-state index in [0.717, 1.165) is 10.4 Å². The Balaban J connectivity index is 2.08. The second-order valence-corrected chi connectivity index (χ2v) is 9.68. The van der Waals surface area contributed by atoms with Crippen LogP contribution in [0.25, 0.3) is 15.9 Å². The molecule has 2 aromatic heterocycles. The maximum Gasteiger partial charge on any atom is 0.336 e. The SMILES string of the molecule is CC(=O)N1CCc2c(sc3c2c(=O)n(-c2cccc(Cl)c2C)c(=O)n3CC(C)C)C1. The number of benzene rings is 1. The fraction of sp³-hybridized carbons (Fsp3) is 0.409. The highest BCUT2D eigenvalue weighted by molar-refractivity contribution is 7.18. The molecule has 1 aromatic carbocycles. The Hall–Kier alpha value is -2.38. The van der Waals surface area contributed by atoms with E-state index in [1.54, 1.807) is 34.6 Å². The molecule has 1 aliphatic heterocycles. The van der Waals surface area contributed by atoms with Crippen LogP contribution in [-0.2, 0) is 24.3 Å². The minimum Gasteiger partial charge on any atom is -0.337 e. The predicted molar refractivity (Wildman–Crippen MR) is 121 cm³/mol. The van der Waals surface area contributed by atoms with Crippen LogP contribution in [-0.4, -0.2) is 26.5 Å². The molecule has 0 aliphatic carbocycles. The summed E-state index contributed by atoms with van der Waals surface area (Å²) in [5.74, 6) is 0.245. The number of hydrogen-bond acceptors (Lipinski definition) is 4. The Bertz CT molecular complexity index is 1290. The summed E-state index contributed by atoms with van der Waals surface area (Å²) in [5.41, 5.74) is 1.50. The quantitative estimate of drug-likeness (QED) is 0.617. The topological polar surface area (TPSA) is 64.3 Å². The molecule has 8 heteroatoms. The summed E-state index contributed by atoms with van der Waals surface area (Å²) in [6.07, 6.45) is 0.610. The van der Waals surface area contributed by atoms with Crippen molar-refractivity contribution in [3.05, 3.63) is 60.1 Å². The van der Waals surface area contributed by atoms with Gasteiger partial charge in [-0.1, -0.05) is 31.5 Å². The lowest BCUT2D eigenvalue weighted by Gasteiger charge is -2.25. The highest BCUT2D eigenvalue weighted by Gasteiger charge is 2.28. The number of carbonyl (C=O) groups is 1. The van der Waals surface area contributed by atoms with Gasteiger partial charge in [-0.15, -0.1) is 11.3 Å². The van der Waals surface area contributed by atoms with Gasteiger partial charge in [0.25, 0.3) is 5.56 Å². The molecule has 0 fully saturated rings. The third kappa shape index (κ3) is 3.30. The van der Waals surface area contributed by atoms with E-state index < -0.39 is 0 Å². The number of carbonyl (C=O) groups excluding carboxylic acids is 1. The van der Waals surface area contributed by atoms with Gasteiger partial charge in [-0.05, 0) is 42.5 Å². The standard InChI is InChI=1S/C22H24ClN3O3S/c1-12(2)10-25-21-19(15-8-9-24(14(4)27)11-18(15)30-21)20(28)26(22(25)29)17-7-5-6-16(23)13(17)3/h5-7,12H,8-11H2,1-4H3. The Kier molecular flexibility index (Phi) is 5.36. The first-order valence-corrected chi connectivity index (χ1v) is 11.2. The lowest BCUT2D eigenvalue weighted by Crippen LogP contribution is -2.40. The van der Waals surface area contributed by atoms with E-state index in [-0.39, 0.29) is 23.1 Å². The molecular weight excluding hydrogens is 422 g/mol. The van der Waals surface area contributed by atoms with Crippen LogP contribution in [0, 0.1) is 12.8 Å². The van der Waals surface area contributed by atoms with Gasteiger partial charge < -0.3 is 4.90 Å². The smallest absolute Gasteiger partial charge is 0.336 e. The fourth-order valence-electron chi connectivity index (χ4n) is 4.05. The van der Waals surface area contributed by atoms with Crippen molar-refractivity contribution in [2.75, 3.05) is 6.54 Å². The van der Waals surface area contributed by atoms with Crippen molar-refractivity contribution < 1.29 is 4.79 Å². The van der Waals surface area contributed by atoms with Crippen molar-refractivity contribution in [2.24, 2.45) is 5.92 Å². The van der Waals surface area contributed by atoms with Crippen LogP contribution in [0.15, 0.2) is 27.8 Å². The number of thiophene rings is 1. The summed E-state index contributed by atoms with van der Waals surface area (Å²) in [7, 11) is 0. The first-order valence-electron chi connectivity index (χ1n) is 10.0. The Morgan fingerprint density at radius 3 is 2.67 bits per heavy atom. The molecule has 0 atom stereocenters. The van der Waals surface area contributed by atoms with Gasteiger partial charge in [0.1, 0.15) is 4.83 Å². The lowest BCUT2D eigenvalue weighted by molar-refractivity contribution is -0.129. The van der Waals surface area contributed by atoms with Gasteiger partial charge in [0.05, 0.1) is 17.6 Å². The normalized spacial score (nSPS) is 13.9. The average Bonchev–Trinajstić information content (AvgIpc) is 3.07. The Labute approximate surface area is 183 Å². The molecule has 3 aromatic rings. The van der Waals surface area contributed by atoms with Crippen molar-refractivity contribution in [3.63, 3.8) is 0 Å². The molecule has 1 amide bonds. The average molecular weight is 446 g/mol. The third-order valence-corrected chi connectivity index (χ3v) is 7.24. The van der Waals surface area contributed by atoms with Gasteiger partial charge in [0.15, 0.2) is 0 Å². The Morgan fingerprint density at radius 2 is 2.00 bits per heavy atom. The largest absolute Gasteiger partial charge is 0.337 e. The molecule has 30 heavy (non-hydrogen) atoms. The van der Waals surface area contributed by atoms with Gasteiger partial charge in [-0.25, -0.2) is 9.36 Å². The molecule has 0 spiro atoms. The maximum absolute atomic E-state index is 13.6. The lowest BCUT2D eigenvalue weighted by atomic mass is 10.1. The molecule has 0 bridgehead atoms. The van der Waals surface area contributed by atoms with Crippen LogP contribution in [0.3, 0.4) is 0 Å². The minimum absolute atomic E-state index is 0.0182. The van der Waals surface area contributed by atoms with Crippen molar-refractivity contribution in [3.8, 4) is 5.69 Å². The molecular formula is C22H24ClN3O3S. The van der Waals surface area contributed by atoms with Gasteiger partial charge in [-0.3, -0.25) is 14.2 Å². The van der Waals surface area contributed by atoms with Crippen LogP contribution in [0.5, 0.6) is 0 Å². The van der Waals surface area contributed by atoms with Gasteiger partial charge in [0, 0.05) is 29.9 Å². The van der Waals surface area contributed by atoms with E-state index in [1.165, 1.54) is 15.9 Å². The third-order valence-electron chi connectivity index (χ3n) is 5.60. The van der Waals surface area contributed by atoms with E-state index in [4.69, 9.17) is 11.6 Å². The van der Waals surface area contributed by atoms with Gasteiger partial charge in [-0.2, -0.15) is 0 Å². The zero-order valence-electron chi connectivity index (χ0n) is 17.5. The summed E-state index contributed by atoms with van der Waals surface area (Å²) in [6.45, 7) is 9.02. The zero-order chi connectivity index (χ0) is 21.7. The molecule has 0 unspecified atom stereocenters. The van der Waals surface area contributed by atoms with Crippen molar-refractivity contribution in [1.82, 2.24) is 14.0 Å². The molecule has 0 N–H and O–H groups in total. The van der Waals surface area contributed by atoms with E-state index in [0.29, 0.717) is 52.5 Å². The monoisotopic (exact) mass is 445 g/mol. The van der Waals surface area contributed by atoms with Crippen LogP contribution >= 0.6 is 22.9 Å². The first-order chi connectivity index (χ1) is 14.2. The predicted octanol–water partition coefficient (Wildman–Crippen LogP) is 3.74. The number of fused-ring (bicyclic) bond motifs is 3. The molecule has 6 nitrogen and oxygen atoms in total. The number of hydrogen-bond donors (Lipinski definition) is 0. The maximum atomic E-state index is 13.6. The summed E-state index contributed by atoms with van der Waals surface area (Å²) in [6, 6.07) is 5.26. The number of nitrogens with zero attached hydrogens (tertiary/aromatic N) is 3. The highest BCUT2D eigenvalue weighted by atomic mass is 35.5. The Morgan fingerprint density at radius 1 is 1.27 bits per heavy atom. The number of halogens is 1. The van der Waals surface area contributed by atoms with E-state index in [1.807, 2.05) is 20.8 Å². The van der Waals surface area contributed by atoms with Crippen LogP contribution < -0.4 is 11.2 Å². The van der Waals surface area contributed by atoms with Crippen LogP contribution in [0.2, 0.25) is 5.02 Å². The molecule has 0 saturated heterocycles. The van der Waals surface area contributed by atoms with Crippen LogP contribution in [0.1, 0.15) is 36.8 Å². The van der Waals surface area contributed by atoms with Crippen molar-refractivity contribution >= 4 is 39.1 Å². The van der Waals surface area contributed by atoms with Crippen LogP contribution in [0.4, 0.5) is 0 Å². The van der Waals surface area contributed by atoms with Crippen molar-refractivity contribution in [2.45, 2.75) is 47.2 Å². The molecule has 0 radical (unpaired) electrons. The molecule has 158 valence electrons. The number of aromatic nitrogens is 2. The fourth-order valence-corrected chi connectivity index (χ4v) is 5.58. The zero-order valence-corrected chi connectivity index (χ0v) is 19.1. The second kappa shape index (κ2) is 7.71. The summed E-state index contributed by atoms with van der Waals surface area (Å²) in [4.78, 5) is 42.5. The molecule has 0 saturated carbocycles. The van der Waals surface area contributed by atoms with E-state index in [9.17, 15) is 14.4 Å². The summed E-state index contributed by atoms with van der Waals surface area (Å²) in [5, 5.41) is 1.11. The molecule has 3 heterocycles. The number of amides is 1. The van der Waals surface area contributed by atoms with Crippen molar-refractivity contribution in [1.29, 1.82) is 0 Å². The van der Waals surface area contributed by atoms with Gasteiger partial charge in [0.2, 0.25) is 5.91 Å². The summed E-state index contributed by atoms with van der Waals surface area (Å²) < 4.78 is 2.97. The summed E-state index contributed by atoms with van der Waals surface area (Å²) >= 11 is 7.75. The van der Waals surface area contributed by atoms with E-state index >= 15 is 0 Å². The van der Waals surface area contributed by atoms with Gasteiger partial charge >= 0.3 is 5.69 Å². The molecule has 1 aliphatic rings. The van der Waals surface area contributed by atoms with E-state index in [2.05, 4.69) is 0 Å².